The standard InChI is InChI=1S/C17H22N2O5/c1-4-11(3)18-15(20)9-19-12-7-10(2)5-6-13(12)24-14(17(19)23)8-16(21)22/h5-7,11,14H,4,8-9H2,1-3H3,(H,18,20)(H,21,22). The maximum Gasteiger partial charge on any atom is 0.307 e. The summed E-state index contributed by atoms with van der Waals surface area (Å²) in [6.45, 7) is 5.53. The molecule has 0 fully saturated rings. The summed E-state index contributed by atoms with van der Waals surface area (Å²) < 4.78 is 5.52. The number of anilines is 1. The lowest BCUT2D eigenvalue weighted by Gasteiger charge is -2.34. The van der Waals surface area contributed by atoms with Crippen LogP contribution in [0.4, 0.5) is 5.69 Å². The molecule has 1 heterocycles. The molecule has 2 N–H and O–H groups in total. The molecule has 0 spiro atoms. The van der Waals surface area contributed by atoms with Crippen LogP contribution in [0.3, 0.4) is 0 Å². The molecule has 7 nitrogen and oxygen atoms in total. The number of carbonyl (C=O) groups is 3. The largest absolute Gasteiger partial charge is 0.481 e. The van der Waals surface area contributed by atoms with Gasteiger partial charge in [0.2, 0.25) is 5.91 Å². The van der Waals surface area contributed by atoms with E-state index in [1.54, 1.807) is 12.1 Å². The summed E-state index contributed by atoms with van der Waals surface area (Å²) in [7, 11) is 0. The Morgan fingerprint density at radius 3 is 2.75 bits per heavy atom. The summed E-state index contributed by atoms with van der Waals surface area (Å²) in [5.41, 5.74) is 1.40. The molecule has 0 aromatic heterocycles. The van der Waals surface area contributed by atoms with Crippen LogP contribution < -0.4 is 15.0 Å². The van der Waals surface area contributed by atoms with E-state index in [1.165, 1.54) is 4.90 Å². The van der Waals surface area contributed by atoms with E-state index < -0.39 is 24.4 Å². The number of hydrogen-bond acceptors (Lipinski definition) is 4. The van der Waals surface area contributed by atoms with Gasteiger partial charge in [-0.3, -0.25) is 19.3 Å². The van der Waals surface area contributed by atoms with Crippen molar-refractivity contribution in [3.63, 3.8) is 0 Å². The Labute approximate surface area is 140 Å². The molecule has 24 heavy (non-hydrogen) atoms. The third-order valence-electron chi connectivity index (χ3n) is 3.90. The van der Waals surface area contributed by atoms with E-state index in [0.717, 1.165) is 12.0 Å². The minimum Gasteiger partial charge on any atom is -0.481 e. The van der Waals surface area contributed by atoms with Crippen LogP contribution in [-0.2, 0) is 14.4 Å². The highest BCUT2D eigenvalue weighted by molar-refractivity contribution is 6.05. The Kier molecular flexibility index (Phi) is 5.43. The van der Waals surface area contributed by atoms with Gasteiger partial charge in [-0.1, -0.05) is 13.0 Å². The third-order valence-corrected chi connectivity index (χ3v) is 3.90. The molecular formula is C17H22N2O5. The lowest BCUT2D eigenvalue weighted by Crippen LogP contribution is -2.51. The van der Waals surface area contributed by atoms with E-state index in [1.807, 2.05) is 26.8 Å². The molecule has 2 unspecified atom stereocenters. The van der Waals surface area contributed by atoms with Crippen LogP contribution in [0.2, 0.25) is 0 Å². The Balaban J connectivity index is 2.28. The molecule has 1 aliphatic heterocycles. The number of nitrogens with one attached hydrogen (secondary N) is 1. The van der Waals surface area contributed by atoms with Gasteiger partial charge in [-0.2, -0.15) is 0 Å². The number of nitrogens with zero attached hydrogens (tertiary/aromatic N) is 1. The molecule has 0 bridgehead atoms. The Bertz CT molecular complexity index is 658. The summed E-state index contributed by atoms with van der Waals surface area (Å²) in [6, 6.07) is 5.25. The lowest BCUT2D eigenvalue weighted by atomic mass is 10.1. The van der Waals surface area contributed by atoms with Gasteiger partial charge in [0.15, 0.2) is 6.10 Å². The molecule has 1 aliphatic rings. The number of aliphatic carboxylic acids is 1. The second-order valence-electron chi connectivity index (χ2n) is 5.98. The SMILES string of the molecule is CCC(C)NC(=O)CN1C(=O)C(CC(=O)O)Oc2ccc(C)cc21. The number of fused-ring (bicyclic) bond motifs is 1. The van der Waals surface area contributed by atoms with E-state index in [2.05, 4.69) is 5.32 Å². The smallest absolute Gasteiger partial charge is 0.307 e. The highest BCUT2D eigenvalue weighted by Gasteiger charge is 2.36. The van der Waals surface area contributed by atoms with Crippen molar-refractivity contribution < 1.29 is 24.2 Å². The number of carboxylic acids is 1. The summed E-state index contributed by atoms with van der Waals surface area (Å²) >= 11 is 0. The van der Waals surface area contributed by atoms with Crippen molar-refractivity contribution in [2.24, 2.45) is 0 Å². The van der Waals surface area contributed by atoms with Gasteiger partial charge in [0.25, 0.3) is 5.91 Å². The molecule has 0 aliphatic carbocycles. The average Bonchev–Trinajstić information content (AvgIpc) is 2.51. The molecule has 0 saturated carbocycles. The first-order chi connectivity index (χ1) is 11.3. The predicted molar refractivity (Wildman–Crippen MR) is 88.1 cm³/mol. The second kappa shape index (κ2) is 7.33. The topological polar surface area (TPSA) is 95.9 Å². The number of hydrogen-bond donors (Lipinski definition) is 2. The maximum absolute atomic E-state index is 12.6. The number of aryl methyl sites for hydroxylation is 1. The molecule has 7 heteroatoms. The van der Waals surface area contributed by atoms with Gasteiger partial charge in [-0.05, 0) is 38.0 Å². The summed E-state index contributed by atoms with van der Waals surface area (Å²) in [5, 5.41) is 11.8. The van der Waals surface area contributed by atoms with Gasteiger partial charge in [-0.25, -0.2) is 0 Å². The number of benzene rings is 1. The first kappa shape index (κ1) is 17.8. The van der Waals surface area contributed by atoms with E-state index >= 15 is 0 Å². The summed E-state index contributed by atoms with van der Waals surface area (Å²) in [5.74, 6) is -1.54. The summed E-state index contributed by atoms with van der Waals surface area (Å²) in [6.07, 6.45) is -0.801. The van der Waals surface area contributed by atoms with Crippen molar-refractivity contribution in [1.82, 2.24) is 5.32 Å². The van der Waals surface area contributed by atoms with E-state index in [0.29, 0.717) is 11.4 Å². The van der Waals surface area contributed by atoms with Gasteiger partial charge in [-0.15, -0.1) is 0 Å². The van der Waals surface area contributed by atoms with E-state index in [9.17, 15) is 14.4 Å². The molecule has 1 aromatic rings. The van der Waals surface area contributed by atoms with E-state index in [4.69, 9.17) is 9.84 Å². The molecule has 1 aromatic carbocycles. The van der Waals surface area contributed by atoms with Crippen LogP contribution in [0.1, 0.15) is 32.3 Å². The monoisotopic (exact) mass is 334 g/mol. The first-order valence-electron chi connectivity index (χ1n) is 7.91. The van der Waals surface area contributed by atoms with Crippen LogP contribution in [0.15, 0.2) is 18.2 Å². The van der Waals surface area contributed by atoms with Crippen molar-refractivity contribution in [3.05, 3.63) is 23.8 Å². The lowest BCUT2D eigenvalue weighted by molar-refractivity contribution is -0.142. The van der Waals surface area contributed by atoms with Gasteiger partial charge in [0.05, 0.1) is 12.1 Å². The van der Waals surface area contributed by atoms with Crippen LogP contribution in [0.5, 0.6) is 5.75 Å². The number of ether oxygens (including phenoxy) is 1. The normalized spacial score (nSPS) is 17.7. The zero-order valence-corrected chi connectivity index (χ0v) is 14.0. The Morgan fingerprint density at radius 2 is 2.12 bits per heavy atom. The number of amides is 2. The molecule has 130 valence electrons. The third kappa shape index (κ3) is 4.04. The predicted octanol–water partition coefficient (Wildman–Crippen LogP) is 1.48. The highest BCUT2D eigenvalue weighted by Crippen LogP contribution is 2.35. The Morgan fingerprint density at radius 1 is 1.42 bits per heavy atom. The maximum atomic E-state index is 12.6. The van der Waals surface area contributed by atoms with Gasteiger partial charge in [0, 0.05) is 6.04 Å². The number of carbonyl (C=O) groups excluding carboxylic acids is 2. The second-order valence-corrected chi connectivity index (χ2v) is 5.98. The van der Waals surface area contributed by atoms with Gasteiger partial charge < -0.3 is 15.2 Å². The molecule has 2 atom stereocenters. The van der Waals surface area contributed by atoms with Crippen LogP contribution in [-0.4, -0.2) is 41.6 Å². The molecule has 0 saturated heterocycles. The van der Waals surface area contributed by atoms with Crippen LogP contribution in [0.25, 0.3) is 0 Å². The van der Waals surface area contributed by atoms with Crippen molar-refractivity contribution in [2.75, 3.05) is 11.4 Å². The van der Waals surface area contributed by atoms with E-state index in [-0.39, 0.29) is 18.5 Å². The molecule has 2 rings (SSSR count). The quantitative estimate of drug-likeness (QED) is 0.821. The van der Waals surface area contributed by atoms with Crippen LogP contribution >= 0.6 is 0 Å². The Hall–Kier alpha value is -2.57. The van der Waals surface area contributed by atoms with Gasteiger partial charge >= 0.3 is 5.97 Å². The van der Waals surface area contributed by atoms with Gasteiger partial charge in [0.1, 0.15) is 12.3 Å². The highest BCUT2D eigenvalue weighted by atomic mass is 16.5. The van der Waals surface area contributed by atoms with Crippen molar-refractivity contribution >= 4 is 23.5 Å². The minimum absolute atomic E-state index is 0.000406. The average molecular weight is 334 g/mol. The molecule has 0 radical (unpaired) electrons. The fraction of sp³-hybridized carbons (Fsp3) is 0.471. The van der Waals surface area contributed by atoms with Crippen molar-refractivity contribution in [3.8, 4) is 5.75 Å². The first-order valence-corrected chi connectivity index (χ1v) is 7.91. The number of carboxylic acid groups (broad SMARTS) is 1. The zero-order chi connectivity index (χ0) is 17.9. The van der Waals surface area contributed by atoms with Crippen LogP contribution in [0, 0.1) is 6.92 Å². The van der Waals surface area contributed by atoms with Crippen molar-refractivity contribution in [2.45, 2.75) is 45.8 Å². The fourth-order valence-corrected chi connectivity index (χ4v) is 2.45. The fourth-order valence-electron chi connectivity index (χ4n) is 2.45. The molecule has 2 amide bonds. The number of rotatable bonds is 6. The molecular weight excluding hydrogens is 312 g/mol. The van der Waals surface area contributed by atoms with Crippen molar-refractivity contribution in [1.29, 1.82) is 0 Å². The summed E-state index contributed by atoms with van der Waals surface area (Å²) in [4.78, 5) is 37.0. The minimum atomic E-state index is -1.13. The zero-order valence-electron chi connectivity index (χ0n) is 14.0.